The van der Waals surface area contributed by atoms with Crippen molar-refractivity contribution in [2.75, 3.05) is 23.7 Å². The van der Waals surface area contributed by atoms with Gasteiger partial charge < -0.3 is 10.6 Å². The second kappa shape index (κ2) is 12.8. The molecular formula is C34H37F3N6O2. The van der Waals surface area contributed by atoms with E-state index in [-0.39, 0.29) is 22.7 Å². The Kier molecular flexibility index (Phi) is 9.11. The van der Waals surface area contributed by atoms with Crippen LogP contribution < -0.4 is 16.0 Å². The molecule has 0 aliphatic carbocycles. The van der Waals surface area contributed by atoms with E-state index in [0.717, 1.165) is 55.1 Å². The van der Waals surface area contributed by atoms with Crippen molar-refractivity contribution < 1.29 is 22.8 Å². The van der Waals surface area contributed by atoms with E-state index in [9.17, 15) is 22.8 Å². The van der Waals surface area contributed by atoms with E-state index in [4.69, 9.17) is 5.10 Å². The molecule has 11 heteroatoms. The molecule has 0 spiro atoms. The number of hydrogen-bond donors (Lipinski definition) is 3. The van der Waals surface area contributed by atoms with E-state index < -0.39 is 23.8 Å². The summed E-state index contributed by atoms with van der Waals surface area (Å²) in [5.74, 6) is -0.464. The second-order valence-electron chi connectivity index (χ2n) is 12.5. The van der Waals surface area contributed by atoms with Gasteiger partial charge >= 0.3 is 12.2 Å². The summed E-state index contributed by atoms with van der Waals surface area (Å²) in [4.78, 5) is 30.6. The molecule has 0 saturated carbocycles. The van der Waals surface area contributed by atoms with Crippen LogP contribution in [0.25, 0.3) is 5.69 Å². The Bertz CT molecular complexity index is 1650. The van der Waals surface area contributed by atoms with Crippen LogP contribution in [-0.4, -0.2) is 39.7 Å². The van der Waals surface area contributed by atoms with E-state index in [2.05, 4.69) is 20.9 Å². The number of aromatic nitrogens is 3. The number of carbonyl (C=O) groups is 2. The molecule has 5 rings (SSSR count). The van der Waals surface area contributed by atoms with Gasteiger partial charge in [-0.15, -0.1) is 0 Å². The van der Waals surface area contributed by atoms with E-state index in [1.54, 1.807) is 22.9 Å². The highest BCUT2D eigenvalue weighted by Crippen LogP contribution is 2.36. The van der Waals surface area contributed by atoms with E-state index in [1.807, 2.05) is 64.1 Å². The number of halogens is 3. The molecule has 236 valence electrons. The van der Waals surface area contributed by atoms with Crippen molar-refractivity contribution in [3.05, 3.63) is 101 Å². The monoisotopic (exact) mass is 618 g/mol. The average molecular weight is 619 g/mol. The van der Waals surface area contributed by atoms with Gasteiger partial charge in [-0.2, -0.15) is 18.3 Å². The minimum atomic E-state index is -4.59. The highest BCUT2D eigenvalue weighted by Gasteiger charge is 2.35. The summed E-state index contributed by atoms with van der Waals surface area (Å²) in [5.41, 5.74) is 2.66. The third kappa shape index (κ3) is 7.59. The molecular weight excluding hydrogens is 581 g/mol. The number of amides is 2. The standard InChI is InChI=1S/C34H37F3N6O2/c1-21-8-11-26(12-9-21)43-29(19-28(42-43)33(2,3)4)41-32(45)40-25-7-5-6-23(18-25)30(22-14-16-38-17-15-22)31(44)24-10-13-27(39-20-24)34(35,36)37/h5-13,18-20,22,30,38H,14-17H2,1-4H3,(H2,40,41,45). The number of nitrogens with one attached hydrogen (secondary N) is 3. The van der Waals surface area contributed by atoms with Crippen molar-refractivity contribution in [2.45, 2.75) is 58.0 Å². The fourth-order valence-corrected chi connectivity index (χ4v) is 5.51. The van der Waals surface area contributed by atoms with Crippen LogP contribution in [0.2, 0.25) is 0 Å². The molecule has 2 aromatic carbocycles. The van der Waals surface area contributed by atoms with Crippen molar-refractivity contribution in [2.24, 2.45) is 5.92 Å². The van der Waals surface area contributed by atoms with Gasteiger partial charge in [0, 0.05) is 28.9 Å². The predicted molar refractivity (Wildman–Crippen MR) is 168 cm³/mol. The van der Waals surface area contributed by atoms with E-state index in [1.165, 1.54) is 6.07 Å². The van der Waals surface area contributed by atoms with Crippen LogP contribution in [-0.2, 0) is 11.6 Å². The fourth-order valence-electron chi connectivity index (χ4n) is 5.51. The van der Waals surface area contributed by atoms with E-state index >= 15 is 0 Å². The molecule has 1 unspecified atom stereocenters. The molecule has 1 fully saturated rings. The molecule has 0 bridgehead atoms. The molecule has 1 aliphatic heterocycles. The lowest BCUT2D eigenvalue weighted by molar-refractivity contribution is -0.141. The summed E-state index contributed by atoms with van der Waals surface area (Å²) in [7, 11) is 0. The number of urea groups is 1. The number of carbonyl (C=O) groups excluding carboxylic acids is 2. The SMILES string of the molecule is Cc1ccc(-n2nc(C(C)(C)C)cc2NC(=O)Nc2cccc(C(C(=O)c3ccc(C(F)(F)F)nc3)C3CCNCC3)c2)cc1. The molecule has 3 heterocycles. The second-order valence-corrected chi connectivity index (χ2v) is 12.5. The maximum atomic E-state index is 13.8. The van der Waals surface area contributed by atoms with Crippen LogP contribution in [0.15, 0.2) is 72.9 Å². The molecule has 1 saturated heterocycles. The highest BCUT2D eigenvalue weighted by atomic mass is 19.4. The fraction of sp³-hybridized carbons (Fsp3) is 0.353. The lowest BCUT2D eigenvalue weighted by Crippen LogP contribution is -2.33. The number of ketones is 1. The number of benzene rings is 2. The number of pyridine rings is 1. The third-order valence-electron chi connectivity index (χ3n) is 7.98. The topological polar surface area (TPSA) is 101 Å². The Morgan fingerprint density at radius 3 is 2.27 bits per heavy atom. The van der Waals surface area contributed by atoms with Crippen molar-refractivity contribution in [1.29, 1.82) is 0 Å². The Morgan fingerprint density at radius 2 is 1.64 bits per heavy atom. The molecule has 45 heavy (non-hydrogen) atoms. The molecule has 8 nitrogen and oxygen atoms in total. The lowest BCUT2D eigenvalue weighted by Gasteiger charge is -2.30. The quantitative estimate of drug-likeness (QED) is 0.186. The summed E-state index contributed by atoms with van der Waals surface area (Å²) in [6, 6.07) is 18.2. The number of nitrogens with zero attached hydrogens (tertiary/aromatic N) is 3. The summed E-state index contributed by atoms with van der Waals surface area (Å²) >= 11 is 0. The first kappa shape index (κ1) is 31.9. The molecule has 2 amide bonds. The Balaban J connectivity index is 1.40. The number of hydrogen-bond acceptors (Lipinski definition) is 5. The Labute approximate surface area is 260 Å². The number of Topliss-reactive ketones (excluding diaryl/α,β-unsaturated/α-hetero) is 1. The van der Waals surface area contributed by atoms with Gasteiger partial charge in [0.25, 0.3) is 0 Å². The summed E-state index contributed by atoms with van der Waals surface area (Å²) < 4.78 is 41.0. The normalized spacial score (nSPS) is 15.0. The van der Waals surface area contributed by atoms with Crippen LogP contribution >= 0.6 is 0 Å². The van der Waals surface area contributed by atoms with Crippen LogP contribution in [0.5, 0.6) is 0 Å². The summed E-state index contributed by atoms with van der Waals surface area (Å²) in [6.45, 7) is 9.59. The number of aryl methyl sites for hydroxylation is 1. The van der Waals surface area contributed by atoms with E-state index in [0.29, 0.717) is 17.1 Å². The number of alkyl halides is 3. The van der Waals surface area contributed by atoms with Gasteiger partial charge in [0.05, 0.1) is 17.3 Å². The molecule has 1 atom stereocenters. The van der Waals surface area contributed by atoms with Crippen LogP contribution in [0.1, 0.15) is 72.4 Å². The Hall–Kier alpha value is -4.51. The Morgan fingerprint density at radius 1 is 0.933 bits per heavy atom. The average Bonchev–Trinajstić information content (AvgIpc) is 3.42. The van der Waals surface area contributed by atoms with Gasteiger partial charge in [-0.1, -0.05) is 50.6 Å². The van der Waals surface area contributed by atoms with Gasteiger partial charge in [-0.3, -0.25) is 15.1 Å². The molecule has 2 aromatic heterocycles. The van der Waals surface area contributed by atoms with Crippen molar-refractivity contribution in [1.82, 2.24) is 20.1 Å². The summed E-state index contributed by atoms with van der Waals surface area (Å²) in [6.07, 6.45) is -2.15. The predicted octanol–water partition coefficient (Wildman–Crippen LogP) is 7.50. The van der Waals surface area contributed by atoms with Gasteiger partial charge in [0.2, 0.25) is 0 Å². The van der Waals surface area contributed by atoms with Crippen molar-refractivity contribution >= 4 is 23.3 Å². The van der Waals surface area contributed by atoms with Gasteiger partial charge in [0.1, 0.15) is 11.5 Å². The highest BCUT2D eigenvalue weighted by molar-refractivity contribution is 6.02. The summed E-state index contributed by atoms with van der Waals surface area (Å²) in [5, 5.41) is 13.8. The third-order valence-corrected chi connectivity index (χ3v) is 7.98. The lowest BCUT2D eigenvalue weighted by atomic mass is 9.76. The number of anilines is 2. The van der Waals surface area contributed by atoms with Crippen molar-refractivity contribution in [3.63, 3.8) is 0 Å². The number of piperidine rings is 1. The zero-order chi connectivity index (χ0) is 32.4. The van der Waals surface area contributed by atoms with Crippen LogP contribution in [0.3, 0.4) is 0 Å². The molecule has 4 aromatic rings. The zero-order valence-corrected chi connectivity index (χ0v) is 25.7. The first-order valence-electron chi connectivity index (χ1n) is 14.9. The number of rotatable bonds is 7. The zero-order valence-electron chi connectivity index (χ0n) is 25.7. The largest absolute Gasteiger partial charge is 0.433 e. The van der Waals surface area contributed by atoms with Gasteiger partial charge in [-0.25, -0.2) is 9.48 Å². The maximum absolute atomic E-state index is 13.8. The molecule has 3 N–H and O–H groups in total. The van der Waals surface area contributed by atoms with Crippen LogP contribution in [0, 0.1) is 12.8 Å². The first-order valence-corrected chi connectivity index (χ1v) is 14.9. The van der Waals surface area contributed by atoms with Crippen LogP contribution in [0.4, 0.5) is 29.5 Å². The molecule has 1 aliphatic rings. The molecule has 0 radical (unpaired) electrons. The van der Waals surface area contributed by atoms with Crippen molar-refractivity contribution in [3.8, 4) is 5.69 Å². The minimum Gasteiger partial charge on any atom is -0.317 e. The van der Waals surface area contributed by atoms with Gasteiger partial charge in [0.15, 0.2) is 5.78 Å². The van der Waals surface area contributed by atoms with Gasteiger partial charge in [-0.05, 0) is 80.7 Å². The first-order chi connectivity index (χ1) is 21.3. The maximum Gasteiger partial charge on any atom is 0.433 e. The smallest absolute Gasteiger partial charge is 0.317 e. The minimum absolute atomic E-state index is 0.0372.